The van der Waals surface area contributed by atoms with Crippen LogP contribution in [0.25, 0.3) is 10.2 Å². The van der Waals surface area contributed by atoms with Crippen molar-refractivity contribution in [3.8, 4) is 0 Å². The summed E-state index contributed by atoms with van der Waals surface area (Å²) in [5.74, 6) is 0. The molecule has 0 atom stereocenters. The zero-order valence-electron chi connectivity index (χ0n) is 9.35. The van der Waals surface area contributed by atoms with Crippen LogP contribution in [0.15, 0.2) is 41.9 Å². The van der Waals surface area contributed by atoms with Crippen LogP contribution in [0, 0.1) is 3.57 Å². The molecule has 0 saturated heterocycles. The third-order valence-electron chi connectivity index (χ3n) is 2.62. The van der Waals surface area contributed by atoms with E-state index >= 15 is 0 Å². The zero-order chi connectivity index (χ0) is 12.5. The van der Waals surface area contributed by atoms with E-state index in [4.69, 9.17) is 5.73 Å². The highest BCUT2D eigenvalue weighted by Gasteiger charge is 2.02. The number of hydrogen-bond donors (Lipinski definition) is 2. The molecule has 3 nitrogen and oxygen atoms in total. The number of nitrogens with zero attached hydrogens (tertiary/aromatic N) is 1. The lowest BCUT2D eigenvalue weighted by Crippen LogP contribution is -1.96. The quantitative estimate of drug-likeness (QED) is 0.527. The number of rotatable bonds is 2. The molecule has 0 amide bonds. The smallest absolute Gasteiger partial charge is 0.0813 e. The fourth-order valence-corrected chi connectivity index (χ4v) is 2.97. The van der Waals surface area contributed by atoms with Crippen molar-refractivity contribution in [2.24, 2.45) is 0 Å². The number of anilines is 3. The van der Waals surface area contributed by atoms with Crippen LogP contribution < -0.4 is 11.1 Å². The van der Waals surface area contributed by atoms with Gasteiger partial charge in [0.1, 0.15) is 0 Å². The largest absolute Gasteiger partial charge is 0.397 e. The van der Waals surface area contributed by atoms with Crippen molar-refractivity contribution in [1.82, 2.24) is 4.98 Å². The molecule has 0 spiro atoms. The number of fused-ring (bicyclic) bond motifs is 1. The lowest BCUT2D eigenvalue weighted by atomic mass is 10.2. The second-order valence-corrected chi connectivity index (χ2v) is 6.02. The molecule has 1 aromatic heterocycles. The Labute approximate surface area is 122 Å². The average Bonchev–Trinajstić information content (AvgIpc) is 2.80. The van der Waals surface area contributed by atoms with Crippen LogP contribution in [0.4, 0.5) is 17.1 Å². The van der Waals surface area contributed by atoms with Gasteiger partial charge in [0.2, 0.25) is 0 Å². The summed E-state index contributed by atoms with van der Waals surface area (Å²) in [6, 6.07) is 12.1. The summed E-state index contributed by atoms with van der Waals surface area (Å²) in [7, 11) is 0. The van der Waals surface area contributed by atoms with E-state index in [0.717, 1.165) is 26.1 Å². The highest BCUT2D eigenvalue weighted by atomic mass is 127. The molecule has 0 bridgehead atoms. The monoisotopic (exact) mass is 367 g/mol. The summed E-state index contributed by atoms with van der Waals surface area (Å²) < 4.78 is 2.30. The predicted molar refractivity (Wildman–Crippen MR) is 86.5 cm³/mol. The summed E-state index contributed by atoms with van der Waals surface area (Å²) in [5.41, 5.74) is 11.6. The van der Waals surface area contributed by atoms with Gasteiger partial charge in [0.15, 0.2) is 0 Å². The molecule has 3 rings (SSSR count). The van der Waals surface area contributed by atoms with Gasteiger partial charge in [0, 0.05) is 9.26 Å². The van der Waals surface area contributed by atoms with Gasteiger partial charge in [-0.2, -0.15) is 0 Å². The second kappa shape index (κ2) is 4.74. The van der Waals surface area contributed by atoms with Crippen molar-refractivity contribution in [3.05, 3.63) is 45.5 Å². The van der Waals surface area contributed by atoms with Crippen LogP contribution in [0.3, 0.4) is 0 Å². The van der Waals surface area contributed by atoms with Crippen LogP contribution in [0.5, 0.6) is 0 Å². The normalized spacial score (nSPS) is 10.7. The first-order chi connectivity index (χ1) is 8.72. The Morgan fingerprint density at radius 3 is 2.89 bits per heavy atom. The Kier molecular flexibility index (Phi) is 3.09. The number of nitrogens with one attached hydrogen (secondary N) is 1. The Balaban J connectivity index is 1.95. The van der Waals surface area contributed by atoms with E-state index in [0.29, 0.717) is 0 Å². The van der Waals surface area contributed by atoms with Crippen molar-refractivity contribution < 1.29 is 0 Å². The maximum absolute atomic E-state index is 5.98. The van der Waals surface area contributed by atoms with Crippen LogP contribution in [0.2, 0.25) is 0 Å². The number of halogens is 1. The van der Waals surface area contributed by atoms with Crippen LogP contribution in [-0.4, -0.2) is 4.98 Å². The first-order valence-corrected chi connectivity index (χ1v) is 7.33. The molecular weight excluding hydrogens is 357 g/mol. The SMILES string of the molecule is Nc1cc(I)ccc1Nc1ccc2ncsc2c1. The van der Waals surface area contributed by atoms with E-state index in [9.17, 15) is 0 Å². The topological polar surface area (TPSA) is 50.9 Å². The lowest BCUT2D eigenvalue weighted by Gasteiger charge is -2.09. The zero-order valence-corrected chi connectivity index (χ0v) is 12.3. The van der Waals surface area contributed by atoms with Crippen molar-refractivity contribution in [3.63, 3.8) is 0 Å². The fraction of sp³-hybridized carbons (Fsp3) is 0. The average molecular weight is 367 g/mol. The maximum atomic E-state index is 5.98. The minimum absolute atomic E-state index is 0.756. The fourth-order valence-electron chi connectivity index (χ4n) is 1.74. The molecule has 0 aliphatic heterocycles. The molecule has 18 heavy (non-hydrogen) atoms. The van der Waals surface area contributed by atoms with E-state index in [1.165, 1.54) is 4.70 Å². The summed E-state index contributed by atoms with van der Waals surface area (Å²) in [5, 5.41) is 3.33. The van der Waals surface area contributed by atoms with Gasteiger partial charge in [-0.15, -0.1) is 11.3 Å². The van der Waals surface area contributed by atoms with Crippen molar-refractivity contribution >= 4 is 61.2 Å². The first kappa shape index (κ1) is 11.7. The highest BCUT2D eigenvalue weighted by Crippen LogP contribution is 2.27. The molecule has 0 fully saturated rings. The van der Waals surface area contributed by atoms with Crippen molar-refractivity contribution in [1.29, 1.82) is 0 Å². The molecule has 0 aliphatic carbocycles. The Bertz CT molecular complexity index is 708. The summed E-state index contributed by atoms with van der Waals surface area (Å²) in [4.78, 5) is 4.26. The van der Waals surface area contributed by atoms with Gasteiger partial charge in [-0.1, -0.05) is 0 Å². The lowest BCUT2D eigenvalue weighted by molar-refractivity contribution is 1.49. The summed E-state index contributed by atoms with van der Waals surface area (Å²) in [6.45, 7) is 0. The van der Waals surface area contributed by atoms with Crippen LogP contribution in [0.1, 0.15) is 0 Å². The maximum Gasteiger partial charge on any atom is 0.0813 e. The number of nitrogen functional groups attached to an aromatic ring is 1. The third kappa shape index (κ3) is 2.28. The molecule has 1 heterocycles. The number of nitrogens with two attached hydrogens (primary N) is 1. The van der Waals surface area contributed by atoms with E-state index in [-0.39, 0.29) is 0 Å². The molecule has 3 aromatic rings. The Morgan fingerprint density at radius 1 is 1.17 bits per heavy atom. The number of benzene rings is 2. The van der Waals surface area contributed by atoms with E-state index in [2.05, 4.69) is 39.0 Å². The third-order valence-corrected chi connectivity index (χ3v) is 4.09. The molecular formula is C13H10IN3S. The van der Waals surface area contributed by atoms with Gasteiger partial charge in [-0.25, -0.2) is 4.98 Å². The van der Waals surface area contributed by atoms with Gasteiger partial charge in [0.05, 0.1) is 27.1 Å². The van der Waals surface area contributed by atoms with E-state index < -0.39 is 0 Å². The van der Waals surface area contributed by atoms with E-state index in [1.807, 2.05) is 35.8 Å². The number of aromatic nitrogens is 1. The minimum Gasteiger partial charge on any atom is -0.397 e. The molecule has 2 aromatic carbocycles. The molecule has 0 unspecified atom stereocenters. The van der Waals surface area contributed by atoms with Gasteiger partial charge < -0.3 is 11.1 Å². The first-order valence-electron chi connectivity index (χ1n) is 5.38. The molecule has 90 valence electrons. The Morgan fingerprint density at radius 2 is 2.06 bits per heavy atom. The molecule has 0 aliphatic rings. The van der Waals surface area contributed by atoms with Gasteiger partial charge >= 0.3 is 0 Å². The minimum atomic E-state index is 0.756. The molecule has 0 radical (unpaired) electrons. The van der Waals surface area contributed by atoms with E-state index in [1.54, 1.807) is 11.3 Å². The molecule has 0 saturated carbocycles. The van der Waals surface area contributed by atoms with Gasteiger partial charge in [-0.3, -0.25) is 0 Å². The summed E-state index contributed by atoms with van der Waals surface area (Å²) in [6.07, 6.45) is 0. The number of hydrogen-bond acceptors (Lipinski definition) is 4. The van der Waals surface area contributed by atoms with Gasteiger partial charge in [-0.05, 0) is 59.0 Å². The number of thiazole rings is 1. The van der Waals surface area contributed by atoms with Crippen molar-refractivity contribution in [2.75, 3.05) is 11.1 Å². The molecule has 3 N–H and O–H groups in total. The predicted octanol–water partition coefficient (Wildman–Crippen LogP) is 4.23. The summed E-state index contributed by atoms with van der Waals surface area (Å²) >= 11 is 3.88. The van der Waals surface area contributed by atoms with Crippen LogP contribution in [-0.2, 0) is 0 Å². The Hall–Kier alpha value is -1.34. The highest BCUT2D eigenvalue weighted by molar-refractivity contribution is 14.1. The second-order valence-electron chi connectivity index (χ2n) is 3.89. The van der Waals surface area contributed by atoms with Gasteiger partial charge in [0.25, 0.3) is 0 Å². The molecule has 5 heteroatoms. The van der Waals surface area contributed by atoms with Crippen LogP contribution >= 0.6 is 33.9 Å². The standard InChI is InChI=1S/C13H10IN3S/c14-8-1-3-11(10(15)5-8)17-9-2-4-12-13(6-9)18-7-16-12/h1-7,17H,15H2. The van der Waals surface area contributed by atoms with Crippen molar-refractivity contribution in [2.45, 2.75) is 0 Å².